The van der Waals surface area contributed by atoms with Gasteiger partial charge in [0.2, 0.25) is 11.7 Å². The number of fused-ring (bicyclic) bond motifs is 1. The number of pyridine rings is 1. The molecule has 1 N–H and O–H groups in total. The summed E-state index contributed by atoms with van der Waals surface area (Å²) in [6.07, 6.45) is -2.27. The van der Waals surface area contributed by atoms with Crippen LogP contribution in [0.2, 0.25) is 0 Å². The van der Waals surface area contributed by atoms with E-state index in [1.165, 1.54) is 42.2 Å². The summed E-state index contributed by atoms with van der Waals surface area (Å²) >= 11 is 0. The number of amides is 4. The number of imide groups is 1. The minimum Gasteiger partial charge on any atom is -0.335 e. The van der Waals surface area contributed by atoms with Gasteiger partial charge in [-0.15, -0.1) is 0 Å². The van der Waals surface area contributed by atoms with Crippen LogP contribution in [-0.2, 0) is 20.6 Å². The number of anilines is 1. The first-order chi connectivity index (χ1) is 18.3. The standard InChI is InChI=1S/C24H25F3N8O4/c1-12(2)16(36)10-34-21(38)18-19(33(4)23(34)39)30-11-35(18)13(3)20(37)32-17-7-5-6-15(31-17)14-8-28-22(29-9-14)24(25,26)27/h5-9,11-13,18-19H,10H2,1-4H3,(H,31,32,37)/t13-,18?,19?/m0/s1. The zero-order valence-corrected chi connectivity index (χ0v) is 21.4. The smallest absolute Gasteiger partial charge is 0.335 e. The van der Waals surface area contributed by atoms with Gasteiger partial charge in [0.1, 0.15) is 11.9 Å². The molecule has 15 heteroatoms. The van der Waals surface area contributed by atoms with Gasteiger partial charge in [-0.05, 0) is 19.1 Å². The van der Waals surface area contributed by atoms with E-state index in [0.717, 1.165) is 17.3 Å². The molecule has 4 amide bonds. The van der Waals surface area contributed by atoms with Crippen LogP contribution in [0, 0.1) is 5.92 Å². The lowest BCUT2D eigenvalue weighted by Gasteiger charge is -2.42. The third kappa shape index (κ3) is 5.42. The summed E-state index contributed by atoms with van der Waals surface area (Å²) < 4.78 is 38.3. The Labute approximate surface area is 220 Å². The first kappa shape index (κ1) is 27.6. The van der Waals surface area contributed by atoms with E-state index in [9.17, 15) is 32.3 Å². The first-order valence-electron chi connectivity index (χ1n) is 11.9. The summed E-state index contributed by atoms with van der Waals surface area (Å²) in [5, 5.41) is 2.62. The zero-order valence-electron chi connectivity index (χ0n) is 21.4. The normalized spacial score (nSPS) is 19.9. The summed E-state index contributed by atoms with van der Waals surface area (Å²) in [5.74, 6) is -3.06. The number of Topliss-reactive ketones (excluding diaryl/α,β-unsaturated/α-hetero) is 1. The van der Waals surface area contributed by atoms with E-state index in [4.69, 9.17) is 0 Å². The highest BCUT2D eigenvalue weighted by atomic mass is 19.4. The van der Waals surface area contributed by atoms with Gasteiger partial charge in [0.25, 0.3) is 5.91 Å². The molecule has 4 heterocycles. The Morgan fingerprint density at radius 2 is 1.77 bits per heavy atom. The van der Waals surface area contributed by atoms with Crippen molar-refractivity contribution in [3.63, 3.8) is 0 Å². The number of nitrogens with one attached hydrogen (secondary N) is 1. The largest absolute Gasteiger partial charge is 0.451 e. The van der Waals surface area contributed by atoms with Gasteiger partial charge < -0.3 is 15.1 Å². The number of rotatable bonds is 7. The number of carbonyl (C=O) groups is 4. The molecular weight excluding hydrogens is 521 g/mol. The SMILES string of the molecule is CC(C)C(=O)CN1C(=O)C2C(N=CN2[C@@H](C)C(=O)Nc2cccc(-c3cnc(C(F)(F)F)nc3)n2)N(C)C1=O. The summed E-state index contributed by atoms with van der Waals surface area (Å²) in [6, 6.07) is 1.93. The number of halogens is 3. The topological polar surface area (TPSA) is 141 Å². The number of likely N-dealkylation sites (N-methyl/N-ethyl adjacent to an activating group) is 1. The minimum atomic E-state index is -4.68. The van der Waals surface area contributed by atoms with Gasteiger partial charge in [-0.2, -0.15) is 13.2 Å². The van der Waals surface area contributed by atoms with E-state index in [0.29, 0.717) is 0 Å². The van der Waals surface area contributed by atoms with Crippen LogP contribution >= 0.6 is 0 Å². The second-order valence-electron chi connectivity index (χ2n) is 9.38. The average molecular weight is 547 g/mol. The Hall–Kier alpha value is -4.43. The van der Waals surface area contributed by atoms with Gasteiger partial charge >= 0.3 is 12.2 Å². The second kappa shape index (κ2) is 10.4. The molecule has 3 atom stereocenters. The number of aromatic nitrogens is 3. The Bertz CT molecular complexity index is 1330. The Balaban J connectivity index is 1.49. The number of ketones is 1. The molecule has 0 saturated carbocycles. The highest BCUT2D eigenvalue weighted by Crippen LogP contribution is 2.28. The molecule has 0 bridgehead atoms. The van der Waals surface area contributed by atoms with E-state index >= 15 is 0 Å². The molecule has 0 aromatic carbocycles. The Morgan fingerprint density at radius 3 is 2.38 bits per heavy atom. The molecule has 2 aliphatic rings. The van der Waals surface area contributed by atoms with Crippen LogP contribution in [0.25, 0.3) is 11.3 Å². The average Bonchev–Trinajstić information content (AvgIpc) is 3.34. The molecule has 1 saturated heterocycles. The summed E-state index contributed by atoms with van der Waals surface area (Å²) in [7, 11) is 1.46. The van der Waals surface area contributed by atoms with Crippen molar-refractivity contribution >= 4 is 35.8 Å². The van der Waals surface area contributed by atoms with Crippen molar-refractivity contribution in [1.29, 1.82) is 0 Å². The molecule has 0 spiro atoms. The van der Waals surface area contributed by atoms with Crippen LogP contribution < -0.4 is 5.32 Å². The molecule has 39 heavy (non-hydrogen) atoms. The number of alkyl halides is 3. The first-order valence-corrected chi connectivity index (χ1v) is 11.9. The fourth-order valence-electron chi connectivity index (χ4n) is 4.04. The number of carbonyl (C=O) groups excluding carboxylic acids is 4. The molecule has 0 aliphatic carbocycles. The van der Waals surface area contributed by atoms with Crippen LogP contribution in [0.3, 0.4) is 0 Å². The fraction of sp³-hybridized carbons (Fsp3) is 0.417. The highest BCUT2D eigenvalue weighted by molar-refractivity contribution is 6.06. The van der Waals surface area contributed by atoms with E-state index in [1.54, 1.807) is 19.9 Å². The third-order valence-corrected chi connectivity index (χ3v) is 6.39. The summed E-state index contributed by atoms with van der Waals surface area (Å²) in [6.45, 7) is 4.48. The summed E-state index contributed by atoms with van der Waals surface area (Å²) in [4.78, 5) is 70.1. The molecule has 2 aromatic heterocycles. The van der Waals surface area contributed by atoms with Gasteiger partial charge in [0.15, 0.2) is 18.0 Å². The van der Waals surface area contributed by atoms with Crippen molar-refractivity contribution in [3.8, 4) is 11.3 Å². The monoisotopic (exact) mass is 546 g/mol. The quantitative estimate of drug-likeness (QED) is 0.556. The number of nitrogens with zero attached hydrogens (tertiary/aromatic N) is 7. The molecule has 4 rings (SSSR count). The molecule has 0 radical (unpaired) electrons. The maximum atomic E-state index is 13.3. The Morgan fingerprint density at radius 1 is 1.10 bits per heavy atom. The van der Waals surface area contributed by atoms with Crippen molar-refractivity contribution < 1.29 is 32.3 Å². The molecule has 12 nitrogen and oxygen atoms in total. The van der Waals surface area contributed by atoms with Gasteiger partial charge in [-0.1, -0.05) is 19.9 Å². The molecule has 206 valence electrons. The van der Waals surface area contributed by atoms with Gasteiger partial charge in [0, 0.05) is 30.9 Å². The predicted octanol–water partition coefficient (Wildman–Crippen LogP) is 2.04. The van der Waals surface area contributed by atoms with E-state index in [1.807, 2.05) is 0 Å². The maximum Gasteiger partial charge on any atom is 0.451 e. The van der Waals surface area contributed by atoms with Gasteiger partial charge in [0.05, 0.1) is 18.6 Å². The molecule has 1 fully saturated rings. The van der Waals surface area contributed by atoms with Crippen molar-refractivity contribution in [3.05, 3.63) is 36.4 Å². The molecule has 2 aliphatic heterocycles. The molecule has 2 aromatic rings. The number of aliphatic imine (C=N–C) groups is 1. The van der Waals surface area contributed by atoms with Gasteiger partial charge in [-0.3, -0.25) is 19.3 Å². The lowest BCUT2D eigenvalue weighted by Crippen LogP contribution is -2.67. The molecular formula is C24H25F3N8O4. The lowest BCUT2D eigenvalue weighted by atomic mass is 10.0. The minimum absolute atomic E-state index is 0.100. The number of hydrogen-bond acceptors (Lipinski definition) is 9. The Kier molecular flexibility index (Phi) is 7.35. The van der Waals surface area contributed by atoms with Crippen molar-refractivity contribution in [2.45, 2.75) is 45.2 Å². The predicted molar refractivity (Wildman–Crippen MR) is 131 cm³/mol. The zero-order chi connectivity index (χ0) is 28.6. The maximum absolute atomic E-state index is 13.3. The third-order valence-electron chi connectivity index (χ3n) is 6.39. The van der Waals surface area contributed by atoms with E-state index in [-0.39, 0.29) is 35.3 Å². The number of hydrogen-bond donors (Lipinski definition) is 1. The van der Waals surface area contributed by atoms with Crippen molar-refractivity contribution in [2.75, 3.05) is 18.9 Å². The van der Waals surface area contributed by atoms with E-state index in [2.05, 4.69) is 25.3 Å². The van der Waals surface area contributed by atoms with Crippen LogP contribution in [0.15, 0.2) is 35.6 Å². The second-order valence-corrected chi connectivity index (χ2v) is 9.38. The van der Waals surface area contributed by atoms with Crippen LogP contribution in [0.5, 0.6) is 0 Å². The number of urea groups is 1. The van der Waals surface area contributed by atoms with Crippen molar-refractivity contribution in [1.82, 2.24) is 29.7 Å². The van der Waals surface area contributed by atoms with E-state index < -0.39 is 48.1 Å². The van der Waals surface area contributed by atoms with Crippen LogP contribution in [0.4, 0.5) is 23.8 Å². The summed E-state index contributed by atoms with van der Waals surface area (Å²) in [5.41, 5.74) is 0.434. The van der Waals surface area contributed by atoms with Crippen LogP contribution in [0.1, 0.15) is 26.6 Å². The van der Waals surface area contributed by atoms with Gasteiger partial charge in [-0.25, -0.2) is 24.7 Å². The lowest BCUT2D eigenvalue weighted by molar-refractivity contribution is -0.145. The highest BCUT2D eigenvalue weighted by Gasteiger charge is 2.51. The van der Waals surface area contributed by atoms with Crippen molar-refractivity contribution in [2.24, 2.45) is 10.9 Å². The fourth-order valence-corrected chi connectivity index (χ4v) is 4.04. The molecule has 2 unspecified atom stereocenters. The van der Waals surface area contributed by atoms with Crippen LogP contribution in [-0.4, -0.2) is 91.5 Å².